The Labute approximate surface area is 113 Å². The Morgan fingerprint density at radius 3 is 2.39 bits per heavy atom. The first-order chi connectivity index (χ1) is 8.52. The first-order valence-corrected chi connectivity index (χ1v) is 7.09. The lowest BCUT2D eigenvalue weighted by Gasteiger charge is -2.35. The van der Waals surface area contributed by atoms with Crippen molar-refractivity contribution in [3.05, 3.63) is 0 Å². The fourth-order valence-corrected chi connectivity index (χ4v) is 2.54. The number of nitrogens with zero attached hydrogens (tertiary/aromatic N) is 2. The second kappa shape index (κ2) is 7.78. The van der Waals surface area contributed by atoms with Crippen LogP contribution < -0.4 is 5.32 Å². The van der Waals surface area contributed by atoms with Gasteiger partial charge < -0.3 is 10.2 Å². The van der Waals surface area contributed by atoms with Crippen LogP contribution in [0.1, 0.15) is 26.7 Å². The molecular formula is C15H29N3. The molecule has 104 valence electrons. The lowest BCUT2D eigenvalue weighted by molar-refractivity contribution is 0.188. The fourth-order valence-electron chi connectivity index (χ4n) is 2.54. The van der Waals surface area contributed by atoms with E-state index in [9.17, 15) is 0 Å². The van der Waals surface area contributed by atoms with Gasteiger partial charge in [0, 0.05) is 31.7 Å². The summed E-state index contributed by atoms with van der Waals surface area (Å²) in [5.74, 6) is 3.41. The van der Waals surface area contributed by atoms with Crippen LogP contribution >= 0.6 is 0 Å². The van der Waals surface area contributed by atoms with Gasteiger partial charge in [0.25, 0.3) is 0 Å². The molecule has 0 aromatic carbocycles. The molecule has 1 atom stereocenters. The average molecular weight is 251 g/mol. The van der Waals surface area contributed by atoms with E-state index >= 15 is 0 Å². The fraction of sp³-hybridized carbons (Fsp3) is 0.867. The monoisotopic (exact) mass is 251 g/mol. The van der Waals surface area contributed by atoms with Crippen LogP contribution in [-0.2, 0) is 0 Å². The van der Waals surface area contributed by atoms with E-state index < -0.39 is 0 Å². The molecule has 1 rings (SSSR count). The first-order valence-electron chi connectivity index (χ1n) is 7.09. The van der Waals surface area contributed by atoms with Gasteiger partial charge in [-0.3, -0.25) is 4.90 Å². The van der Waals surface area contributed by atoms with Gasteiger partial charge in [-0.2, -0.15) is 0 Å². The third kappa shape index (κ3) is 5.39. The summed E-state index contributed by atoms with van der Waals surface area (Å²) in [5.41, 5.74) is 0. The predicted molar refractivity (Wildman–Crippen MR) is 78.6 cm³/mol. The minimum atomic E-state index is 0.587. The van der Waals surface area contributed by atoms with E-state index in [1.165, 1.54) is 12.8 Å². The maximum atomic E-state index is 5.36. The van der Waals surface area contributed by atoms with Crippen molar-refractivity contribution in [3.63, 3.8) is 0 Å². The van der Waals surface area contributed by atoms with Gasteiger partial charge in [-0.05, 0) is 32.9 Å². The lowest BCUT2D eigenvalue weighted by atomic mass is 9.99. The molecule has 1 aliphatic rings. The van der Waals surface area contributed by atoms with E-state index in [1.807, 2.05) is 0 Å². The van der Waals surface area contributed by atoms with Gasteiger partial charge in [0.05, 0.1) is 6.54 Å². The second-order valence-electron chi connectivity index (χ2n) is 6.03. The number of hydrogen-bond acceptors (Lipinski definition) is 3. The summed E-state index contributed by atoms with van der Waals surface area (Å²) in [5, 5.41) is 3.83. The predicted octanol–water partition coefficient (Wildman–Crippen LogP) is 1.26. The van der Waals surface area contributed by atoms with E-state index in [4.69, 9.17) is 6.42 Å². The van der Waals surface area contributed by atoms with Crippen LogP contribution in [0.25, 0.3) is 0 Å². The Morgan fingerprint density at radius 2 is 1.94 bits per heavy atom. The summed E-state index contributed by atoms with van der Waals surface area (Å²) in [6.07, 6.45) is 7.80. The summed E-state index contributed by atoms with van der Waals surface area (Å²) in [6, 6.07) is 1.25. The summed E-state index contributed by atoms with van der Waals surface area (Å²) < 4.78 is 0. The van der Waals surface area contributed by atoms with Crippen molar-refractivity contribution in [1.29, 1.82) is 0 Å². The van der Waals surface area contributed by atoms with Crippen molar-refractivity contribution in [2.24, 2.45) is 5.92 Å². The van der Waals surface area contributed by atoms with Crippen molar-refractivity contribution in [1.82, 2.24) is 15.1 Å². The number of nitrogens with one attached hydrogen (secondary N) is 1. The highest BCUT2D eigenvalue weighted by Crippen LogP contribution is 2.13. The average Bonchev–Trinajstić information content (AvgIpc) is 2.30. The quantitative estimate of drug-likeness (QED) is 0.717. The van der Waals surface area contributed by atoms with Gasteiger partial charge in [0.15, 0.2) is 0 Å². The van der Waals surface area contributed by atoms with Gasteiger partial charge in [-0.1, -0.05) is 19.8 Å². The molecule has 0 spiro atoms. The summed E-state index contributed by atoms with van der Waals surface area (Å²) in [7, 11) is 4.29. The van der Waals surface area contributed by atoms with Gasteiger partial charge in [0.1, 0.15) is 0 Å². The Kier molecular flexibility index (Phi) is 6.70. The molecule has 0 bridgehead atoms. The molecule has 1 aliphatic heterocycles. The Balaban J connectivity index is 2.35. The molecular weight excluding hydrogens is 222 g/mol. The molecule has 0 aromatic rings. The first kappa shape index (κ1) is 15.5. The molecule has 3 nitrogen and oxygen atoms in total. The van der Waals surface area contributed by atoms with Crippen molar-refractivity contribution in [3.8, 4) is 12.3 Å². The highest BCUT2D eigenvalue weighted by Gasteiger charge is 2.22. The molecule has 1 N–H and O–H groups in total. The molecule has 0 saturated carbocycles. The smallest absolute Gasteiger partial charge is 0.0598 e. The van der Waals surface area contributed by atoms with Crippen LogP contribution in [0, 0.1) is 18.3 Å². The molecule has 0 aliphatic carbocycles. The maximum Gasteiger partial charge on any atom is 0.0598 e. The van der Waals surface area contributed by atoms with E-state index in [1.54, 1.807) is 0 Å². The van der Waals surface area contributed by atoms with Gasteiger partial charge in [0.2, 0.25) is 0 Å². The van der Waals surface area contributed by atoms with Crippen LogP contribution in [0.4, 0.5) is 0 Å². The minimum absolute atomic E-state index is 0.587. The van der Waals surface area contributed by atoms with Crippen LogP contribution in [0.15, 0.2) is 0 Å². The van der Waals surface area contributed by atoms with Crippen molar-refractivity contribution >= 4 is 0 Å². The Morgan fingerprint density at radius 1 is 1.33 bits per heavy atom. The van der Waals surface area contributed by atoms with E-state index in [-0.39, 0.29) is 0 Å². The SMILES string of the molecule is C#CCN1CCC(NC(CN(C)C)C(C)C)CC1. The number of piperidine rings is 1. The zero-order valence-corrected chi connectivity index (χ0v) is 12.4. The number of likely N-dealkylation sites (tertiary alicyclic amines) is 1. The molecule has 1 fully saturated rings. The third-order valence-electron chi connectivity index (χ3n) is 3.72. The van der Waals surface area contributed by atoms with Gasteiger partial charge in [-0.25, -0.2) is 0 Å². The number of likely N-dealkylation sites (N-methyl/N-ethyl adjacent to an activating group) is 1. The zero-order chi connectivity index (χ0) is 13.5. The number of rotatable bonds is 6. The summed E-state index contributed by atoms with van der Waals surface area (Å²) in [4.78, 5) is 4.64. The standard InChI is InChI=1S/C15H29N3/c1-6-9-18-10-7-14(8-11-18)16-15(13(2)3)12-17(4)5/h1,13-16H,7-12H2,2-5H3. The molecule has 1 heterocycles. The number of hydrogen-bond donors (Lipinski definition) is 1. The van der Waals surface area contributed by atoms with Crippen LogP contribution in [0.2, 0.25) is 0 Å². The molecule has 0 radical (unpaired) electrons. The molecule has 1 saturated heterocycles. The van der Waals surface area contributed by atoms with Crippen molar-refractivity contribution in [2.75, 3.05) is 40.3 Å². The third-order valence-corrected chi connectivity index (χ3v) is 3.72. The normalized spacial score (nSPS) is 20.3. The van der Waals surface area contributed by atoms with Crippen LogP contribution in [-0.4, -0.2) is 62.2 Å². The molecule has 18 heavy (non-hydrogen) atoms. The van der Waals surface area contributed by atoms with Crippen molar-refractivity contribution < 1.29 is 0 Å². The van der Waals surface area contributed by atoms with E-state index in [2.05, 4.69) is 49.0 Å². The van der Waals surface area contributed by atoms with E-state index in [0.717, 1.165) is 26.2 Å². The Hall–Kier alpha value is -0.560. The highest BCUT2D eigenvalue weighted by molar-refractivity contribution is 4.91. The van der Waals surface area contributed by atoms with Crippen LogP contribution in [0.3, 0.4) is 0 Å². The van der Waals surface area contributed by atoms with E-state index in [0.29, 0.717) is 18.0 Å². The maximum absolute atomic E-state index is 5.36. The summed E-state index contributed by atoms with van der Waals surface area (Å²) in [6.45, 7) is 8.78. The molecule has 0 aromatic heterocycles. The minimum Gasteiger partial charge on any atom is -0.310 e. The van der Waals surface area contributed by atoms with Crippen molar-refractivity contribution in [2.45, 2.75) is 38.8 Å². The zero-order valence-electron chi connectivity index (χ0n) is 12.4. The molecule has 0 amide bonds. The van der Waals surface area contributed by atoms with Gasteiger partial charge >= 0.3 is 0 Å². The number of terminal acetylenes is 1. The summed E-state index contributed by atoms with van der Waals surface area (Å²) >= 11 is 0. The van der Waals surface area contributed by atoms with Crippen LogP contribution in [0.5, 0.6) is 0 Å². The molecule has 1 unspecified atom stereocenters. The van der Waals surface area contributed by atoms with Gasteiger partial charge in [-0.15, -0.1) is 6.42 Å². The largest absolute Gasteiger partial charge is 0.310 e. The topological polar surface area (TPSA) is 18.5 Å². The Bertz CT molecular complexity index is 259. The molecule has 3 heteroatoms. The highest BCUT2D eigenvalue weighted by atomic mass is 15.2. The lowest BCUT2D eigenvalue weighted by Crippen LogP contribution is -2.50. The second-order valence-corrected chi connectivity index (χ2v) is 6.03.